The zero-order valence-electron chi connectivity index (χ0n) is 25.5. The van der Waals surface area contributed by atoms with Crippen LogP contribution in [0.15, 0.2) is 48.6 Å². The van der Waals surface area contributed by atoms with Gasteiger partial charge in [0, 0.05) is 42.9 Å². The smallest absolute Gasteiger partial charge is 0.335 e. The van der Waals surface area contributed by atoms with Gasteiger partial charge in [-0.25, -0.2) is 4.79 Å². The highest BCUT2D eigenvalue weighted by molar-refractivity contribution is 5.92. The second kappa shape index (κ2) is 12.3. The molecule has 4 fully saturated rings. The van der Waals surface area contributed by atoms with Crippen LogP contribution in [0.3, 0.4) is 0 Å². The van der Waals surface area contributed by atoms with Gasteiger partial charge in [0.1, 0.15) is 17.9 Å². The van der Waals surface area contributed by atoms with Crippen LogP contribution in [-0.4, -0.2) is 84.4 Å². The van der Waals surface area contributed by atoms with Crippen molar-refractivity contribution in [1.82, 2.24) is 10.4 Å². The van der Waals surface area contributed by atoms with E-state index in [0.717, 1.165) is 18.5 Å². The van der Waals surface area contributed by atoms with Crippen molar-refractivity contribution in [1.29, 1.82) is 0 Å². The SMILES string of the molecule is C=C1[C@H]2C[C@H](NC(=O)[C@@H]3[C@H]([C@H](C)O)[C@H](CO)ON3Cc3cccc(-c4cc(C(=O)O)cc(N(C)C)c4)c3OC)[C@@H](C)[C@@H]1C2. The topological polar surface area (TPSA) is 132 Å². The number of nitrogens with one attached hydrogen (secondary N) is 1. The number of hydrogen-bond acceptors (Lipinski definition) is 8. The second-order valence-corrected chi connectivity index (χ2v) is 12.5. The third-order valence-corrected chi connectivity index (χ3v) is 9.67. The van der Waals surface area contributed by atoms with Crippen molar-refractivity contribution in [2.24, 2.45) is 23.7 Å². The normalized spacial score (nSPS) is 29.1. The molecule has 1 saturated heterocycles. The number of carboxylic acids is 1. The van der Waals surface area contributed by atoms with Gasteiger partial charge in [-0.2, -0.15) is 5.06 Å². The summed E-state index contributed by atoms with van der Waals surface area (Å²) >= 11 is 0. The molecule has 2 bridgehead atoms. The first-order valence-corrected chi connectivity index (χ1v) is 14.9. The van der Waals surface area contributed by atoms with E-state index in [1.165, 1.54) is 5.57 Å². The van der Waals surface area contributed by atoms with Gasteiger partial charge in [-0.15, -0.1) is 0 Å². The van der Waals surface area contributed by atoms with Crippen molar-refractivity contribution in [3.63, 3.8) is 0 Å². The maximum atomic E-state index is 13.9. The Morgan fingerprint density at radius 2 is 1.98 bits per heavy atom. The molecule has 4 aliphatic rings. The number of allylic oxidation sites excluding steroid dienone is 1. The van der Waals surface area contributed by atoms with Crippen molar-refractivity contribution in [3.8, 4) is 16.9 Å². The minimum absolute atomic E-state index is 0.00306. The van der Waals surface area contributed by atoms with Gasteiger partial charge in [0.15, 0.2) is 0 Å². The van der Waals surface area contributed by atoms with Crippen LogP contribution in [0.4, 0.5) is 5.69 Å². The molecule has 0 spiro atoms. The molecule has 6 rings (SSSR count). The van der Waals surface area contributed by atoms with Gasteiger partial charge in [-0.3, -0.25) is 9.63 Å². The van der Waals surface area contributed by atoms with Crippen LogP contribution in [0, 0.1) is 23.7 Å². The number of ether oxygens (including phenoxy) is 1. The fourth-order valence-electron chi connectivity index (χ4n) is 7.18. The average molecular weight is 594 g/mol. The maximum Gasteiger partial charge on any atom is 0.335 e. The summed E-state index contributed by atoms with van der Waals surface area (Å²) in [6, 6.07) is 9.83. The number of aromatic carboxylic acids is 1. The first-order valence-electron chi connectivity index (χ1n) is 14.9. The number of hydrogen-bond donors (Lipinski definition) is 4. The predicted octanol–water partition coefficient (Wildman–Crippen LogP) is 3.32. The Kier molecular flexibility index (Phi) is 8.85. The zero-order chi connectivity index (χ0) is 31.2. The van der Waals surface area contributed by atoms with E-state index in [2.05, 4.69) is 18.8 Å². The van der Waals surface area contributed by atoms with E-state index < -0.39 is 30.1 Å². The molecule has 43 heavy (non-hydrogen) atoms. The van der Waals surface area contributed by atoms with Gasteiger partial charge >= 0.3 is 5.97 Å². The van der Waals surface area contributed by atoms with Gasteiger partial charge in [0.05, 0.1) is 31.9 Å². The average Bonchev–Trinajstić information content (AvgIpc) is 3.35. The fraction of sp³-hybridized carbons (Fsp3) is 0.515. The zero-order valence-corrected chi connectivity index (χ0v) is 25.5. The number of para-hydroxylation sites is 1. The summed E-state index contributed by atoms with van der Waals surface area (Å²) in [5.41, 5.74) is 4.22. The molecule has 1 aliphatic heterocycles. The Balaban J connectivity index is 1.47. The molecule has 3 aliphatic carbocycles. The molecule has 1 heterocycles. The number of aliphatic hydroxyl groups is 2. The van der Waals surface area contributed by atoms with Crippen LogP contribution < -0.4 is 15.0 Å². The van der Waals surface area contributed by atoms with Crippen molar-refractivity contribution in [2.75, 3.05) is 32.7 Å². The third kappa shape index (κ3) is 5.76. The van der Waals surface area contributed by atoms with E-state index in [0.29, 0.717) is 34.3 Å². The van der Waals surface area contributed by atoms with Crippen molar-refractivity contribution in [2.45, 2.75) is 57.5 Å². The summed E-state index contributed by atoms with van der Waals surface area (Å²) < 4.78 is 5.88. The van der Waals surface area contributed by atoms with Crippen LogP contribution in [0.5, 0.6) is 5.75 Å². The van der Waals surface area contributed by atoms with Gasteiger partial charge in [0.2, 0.25) is 5.91 Å². The van der Waals surface area contributed by atoms with Gasteiger partial charge in [-0.05, 0) is 61.3 Å². The van der Waals surface area contributed by atoms with E-state index in [9.17, 15) is 24.9 Å². The number of aliphatic hydroxyl groups excluding tert-OH is 2. The molecule has 1 amide bonds. The predicted molar refractivity (Wildman–Crippen MR) is 163 cm³/mol. The number of hydroxylamine groups is 2. The van der Waals surface area contributed by atoms with Gasteiger partial charge in [0.25, 0.3) is 0 Å². The summed E-state index contributed by atoms with van der Waals surface area (Å²) in [7, 11) is 5.24. The summed E-state index contributed by atoms with van der Waals surface area (Å²) in [4.78, 5) is 33.8. The minimum Gasteiger partial charge on any atom is -0.496 e. The number of benzene rings is 2. The summed E-state index contributed by atoms with van der Waals surface area (Å²) in [5.74, 6) is -0.313. The number of carbonyl (C=O) groups is 2. The van der Waals surface area contributed by atoms with Crippen LogP contribution in [0.2, 0.25) is 0 Å². The number of carboxylic acid groups (broad SMARTS) is 1. The standard InChI is InChI=1S/C33H43N3O7/c1-17-21-13-26(17)18(2)27(14-21)34-32(39)30-29(19(3)38)28(16-37)43-36(30)15-20-8-7-9-25(31(20)42-6)22-10-23(33(40)41)12-24(11-22)35(4)5/h7-12,18-19,21,26-30,37-38H,1,13-16H2,2-6H3,(H,34,39)(H,40,41)/t18-,19-,21+,26+,27-,28-,29+,30-/m0/s1. The highest BCUT2D eigenvalue weighted by atomic mass is 16.7. The Bertz CT molecular complexity index is 1390. The third-order valence-electron chi connectivity index (χ3n) is 9.67. The molecule has 0 radical (unpaired) electrons. The fourth-order valence-corrected chi connectivity index (χ4v) is 7.18. The van der Waals surface area contributed by atoms with Crippen molar-refractivity contribution < 1.29 is 34.5 Å². The molecule has 232 valence electrons. The summed E-state index contributed by atoms with van der Waals surface area (Å²) in [6.07, 6.45) is 0.289. The van der Waals surface area contributed by atoms with E-state index in [1.54, 1.807) is 31.2 Å². The van der Waals surface area contributed by atoms with E-state index in [-0.39, 0.29) is 36.6 Å². The number of amides is 1. The molecule has 3 saturated carbocycles. The first kappa shape index (κ1) is 31.0. The number of rotatable bonds is 10. The Labute approximate surface area is 252 Å². The molecule has 2 aromatic rings. The van der Waals surface area contributed by atoms with Crippen LogP contribution >= 0.6 is 0 Å². The maximum absolute atomic E-state index is 13.9. The first-order chi connectivity index (χ1) is 20.4. The molecule has 0 unspecified atom stereocenters. The lowest BCUT2D eigenvalue weighted by atomic mass is 9.56. The number of carbonyl (C=O) groups excluding carboxylic acids is 1. The van der Waals surface area contributed by atoms with E-state index in [1.807, 2.05) is 43.3 Å². The molecular formula is C33H43N3O7. The van der Waals surface area contributed by atoms with Gasteiger partial charge in [-0.1, -0.05) is 37.3 Å². The van der Waals surface area contributed by atoms with Gasteiger partial charge < -0.3 is 30.3 Å². The second-order valence-electron chi connectivity index (χ2n) is 12.5. The number of nitrogens with zero attached hydrogens (tertiary/aromatic N) is 2. The molecule has 2 aromatic carbocycles. The Morgan fingerprint density at radius 3 is 2.56 bits per heavy atom. The quantitative estimate of drug-likeness (QED) is 0.307. The van der Waals surface area contributed by atoms with E-state index in [4.69, 9.17) is 9.57 Å². The summed E-state index contributed by atoms with van der Waals surface area (Å²) in [5, 5.41) is 35.4. The monoisotopic (exact) mass is 593 g/mol. The minimum atomic E-state index is -1.03. The molecule has 10 nitrogen and oxygen atoms in total. The Hall–Kier alpha value is -3.44. The number of fused-ring (bicyclic) bond motifs is 2. The lowest BCUT2D eigenvalue weighted by molar-refractivity contribution is -0.182. The summed E-state index contributed by atoms with van der Waals surface area (Å²) in [6.45, 7) is 7.77. The van der Waals surface area contributed by atoms with Crippen molar-refractivity contribution in [3.05, 3.63) is 59.7 Å². The molecule has 0 aromatic heterocycles. The van der Waals surface area contributed by atoms with E-state index >= 15 is 0 Å². The Morgan fingerprint density at radius 1 is 1.23 bits per heavy atom. The van der Waals surface area contributed by atoms with Crippen LogP contribution in [0.1, 0.15) is 42.6 Å². The van der Waals surface area contributed by atoms with Crippen LogP contribution in [-0.2, 0) is 16.2 Å². The molecule has 4 N–H and O–H groups in total. The number of anilines is 1. The highest BCUT2D eigenvalue weighted by Gasteiger charge is 2.52. The lowest BCUT2D eigenvalue weighted by Gasteiger charge is -2.52. The number of methoxy groups -OCH3 is 1. The van der Waals surface area contributed by atoms with Crippen LogP contribution in [0.25, 0.3) is 11.1 Å². The molecular weight excluding hydrogens is 550 g/mol. The van der Waals surface area contributed by atoms with Crippen molar-refractivity contribution >= 4 is 17.6 Å². The molecule has 10 heteroatoms. The highest BCUT2D eigenvalue weighted by Crippen LogP contribution is 2.52. The largest absolute Gasteiger partial charge is 0.496 e. The lowest BCUT2D eigenvalue weighted by Crippen LogP contribution is -2.57. The molecule has 8 atom stereocenters.